The van der Waals surface area contributed by atoms with E-state index in [2.05, 4.69) is 4.98 Å². The number of H-pyrrole nitrogens is 1. The van der Waals surface area contributed by atoms with Gasteiger partial charge in [-0.3, -0.25) is 4.79 Å². The average molecular weight is 370 g/mol. The van der Waals surface area contributed by atoms with E-state index < -0.39 is 5.97 Å². The van der Waals surface area contributed by atoms with E-state index in [0.29, 0.717) is 29.8 Å². The maximum Gasteiger partial charge on any atom is 0.339 e. The lowest BCUT2D eigenvalue weighted by molar-refractivity contribution is 0.0599. The highest BCUT2D eigenvalue weighted by Gasteiger charge is 2.35. The van der Waals surface area contributed by atoms with Crippen LogP contribution >= 0.6 is 0 Å². The highest BCUT2D eigenvalue weighted by atomic mass is 16.5. The minimum absolute atomic E-state index is 0.0735. The Morgan fingerprint density at radius 1 is 1.19 bits per heavy atom. The Balaban J connectivity index is 1.89. The second-order valence-electron chi connectivity index (χ2n) is 6.84. The monoisotopic (exact) mass is 370 g/mol. The van der Waals surface area contributed by atoms with Crippen LogP contribution in [0.4, 0.5) is 0 Å². The number of hydrogen-bond donors (Lipinski definition) is 1. The number of benzene rings is 1. The highest BCUT2D eigenvalue weighted by molar-refractivity contribution is 6.00. The lowest BCUT2D eigenvalue weighted by atomic mass is 10.1. The van der Waals surface area contributed by atoms with Crippen molar-refractivity contribution >= 4 is 11.9 Å². The molecule has 1 N–H and O–H groups in total. The van der Waals surface area contributed by atoms with Crippen LogP contribution in [-0.2, 0) is 17.7 Å². The molecule has 0 spiro atoms. The first kappa shape index (κ1) is 19.0. The second kappa shape index (κ2) is 7.86. The van der Waals surface area contributed by atoms with Crippen molar-refractivity contribution in [3.05, 3.63) is 52.3 Å². The van der Waals surface area contributed by atoms with Gasteiger partial charge in [-0.15, -0.1) is 0 Å². The van der Waals surface area contributed by atoms with Crippen LogP contribution in [0.2, 0.25) is 0 Å². The molecular formula is C21H26N2O4. The SMILES string of the molecule is CCc1[nH]c(C(=O)N(Cc2ccc(OC)cc2)C2CC2)c(C)c1C(=O)OC. The van der Waals surface area contributed by atoms with Gasteiger partial charge in [0.15, 0.2) is 0 Å². The average Bonchev–Trinajstić information content (AvgIpc) is 3.48. The van der Waals surface area contributed by atoms with Gasteiger partial charge in [-0.1, -0.05) is 19.1 Å². The fraction of sp³-hybridized carbons (Fsp3) is 0.429. The van der Waals surface area contributed by atoms with Crippen molar-refractivity contribution < 1.29 is 19.1 Å². The van der Waals surface area contributed by atoms with Crippen LogP contribution in [0.15, 0.2) is 24.3 Å². The fourth-order valence-corrected chi connectivity index (χ4v) is 3.34. The number of nitrogens with zero attached hydrogens (tertiary/aromatic N) is 1. The molecule has 1 fully saturated rings. The molecular weight excluding hydrogens is 344 g/mol. The summed E-state index contributed by atoms with van der Waals surface area (Å²) in [5, 5.41) is 0. The first-order valence-corrected chi connectivity index (χ1v) is 9.23. The third kappa shape index (κ3) is 3.84. The third-order valence-corrected chi connectivity index (χ3v) is 5.05. The third-order valence-electron chi connectivity index (χ3n) is 5.05. The van der Waals surface area contributed by atoms with Crippen LogP contribution in [0.1, 0.15) is 57.4 Å². The van der Waals surface area contributed by atoms with Gasteiger partial charge >= 0.3 is 5.97 Å². The predicted molar refractivity (Wildman–Crippen MR) is 102 cm³/mol. The van der Waals surface area contributed by atoms with Gasteiger partial charge in [0, 0.05) is 18.3 Å². The van der Waals surface area contributed by atoms with Crippen molar-refractivity contribution in [3.8, 4) is 5.75 Å². The molecule has 0 radical (unpaired) electrons. The van der Waals surface area contributed by atoms with Crippen molar-refractivity contribution in [2.45, 2.75) is 45.7 Å². The minimum Gasteiger partial charge on any atom is -0.497 e. The summed E-state index contributed by atoms with van der Waals surface area (Å²) < 4.78 is 10.1. The fourth-order valence-electron chi connectivity index (χ4n) is 3.34. The van der Waals surface area contributed by atoms with Crippen molar-refractivity contribution in [2.24, 2.45) is 0 Å². The normalized spacial score (nSPS) is 13.3. The molecule has 2 aromatic rings. The Hall–Kier alpha value is -2.76. The number of aromatic nitrogens is 1. The van der Waals surface area contributed by atoms with Gasteiger partial charge in [0.25, 0.3) is 5.91 Å². The number of amides is 1. The number of ether oxygens (including phenoxy) is 2. The van der Waals surface area contributed by atoms with E-state index in [-0.39, 0.29) is 11.9 Å². The van der Waals surface area contributed by atoms with Crippen molar-refractivity contribution in [1.29, 1.82) is 0 Å². The topological polar surface area (TPSA) is 71.6 Å². The maximum atomic E-state index is 13.3. The molecule has 1 aromatic heterocycles. The molecule has 6 nitrogen and oxygen atoms in total. The molecule has 6 heteroatoms. The summed E-state index contributed by atoms with van der Waals surface area (Å²) in [4.78, 5) is 30.5. The van der Waals surface area contributed by atoms with Gasteiger partial charge in [-0.25, -0.2) is 4.79 Å². The van der Waals surface area contributed by atoms with Gasteiger partial charge in [-0.2, -0.15) is 0 Å². The number of aromatic amines is 1. The first-order valence-electron chi connectivity index (χ1n) is 9.23. The minimum atomic E-state index is -0.409. The Kier molecular flexibility index (Phi) is 5.54. The summed E-state index contributed by atoms with van der Waals surface area (Å²) in [6.45, 7) is 4.27. The van der Waals surface area contributed by atoms with Gasteiger partial charge in [0.2, 0.25) is 0 Å². The van der Waals surface area contributed by atoms with E-state index >= 15 is 0 Å². The largest absolute Gasteiger partial charge is 0.497 e. The zero-order valence-corrected chi connectivity index (χ0v) is 16.3. The summed E-state index contributed by atoms with van der Waals surface area (Å²) in [6.07, 6.45) is 2.64. The van der Waals surface area contributed by atoms with E-state index in [9.17, 15) is 9.59 Å². The lowest BCUT2D eigenvalue weighted by Gasteiger charge is -2.22. The van der Waals surface area contributed by atoms with Crippen LogP contribution in [0.3, 0.4) is 0 Å². The Morgan fingerprint density at radius 2 is 1.85 bits per heavy atom. The van der Waals surface area contributed by atoms with Crippen LogP contribution in [-0.4, -0.2) is 42.0 Å². The molecule has 0 unspecified atom stereocenters. The molecule has 3 rings (SSSR count). The number of aryl methyl sites for hydroxylation is 1. The summed E-state index contributed by atoms with van der Waals surface area (Å²) in [7, 11) is 2.99. The Labute approximate surface area is 159 Å². The Bertz CT molecular complexity index is 835. The lowest BCUT2D eigenvalue weighted by Crippen LogP contribution is -2.33. The van der Waals surface area contributed by atoms with Crippen molar-refractivity contribution in [3.63, 3.8) is 0 Å². The Morgan fingerprint density at radius 3 is 2.37 bits per heavy atom. The molecule has 1 aliphatic rings. The standard InChI is InChI=1S/C21H26N2O4/c1-5-17-18(21(25)27-4)13(2)19(22-17)20(24)23(15-8-9-15)12-14-6-10-16(26-3)11-7-14/h6-7,10-11,15,22H,5,8-9,12H2,1-4H3. The van der Waals surface area contributed by atoms with Gasteiger partial charge < -0.3 is 19.4 Å². The number of hydrogen-bond acceptors (Lipinski definition) is 4. The zero-order chi connectivity index (χ0) is 19.6. The highest BCUT2D eigenvalue weighted by Crippen LogP contribution is 2.31. The van der Waals surface area contributed by atoms with Crippen LogP contribution < -0.4 is 4.74 Å². The predicted octanol–water partition coefficient (Wildman–Crippen LogP) is 3.49. The number of nitrogens with one attached hydrogen (secondary N) is 1. The number of rotatable bonds is 7. The molecule has 0 atom stereocenters. The molecule has 1 saturated carbocycles. The van der Waals surface area contributed by atoms with Crippen LogP contribution in [0.5, 0.6) is 5.75 Å². The molecule has 27 heavy (non-hydrogen) atoms. The second-order valence-corrected chi connectivity index (χ2v) is 6.84. The molecule has 1 aromatic carbocycles. The molecule has 1 aliphatic carbocycles. The number of esters is 1. The van der Waals surface area contributed by atoms with Gasteiger partial charge in [0.05, 0.1) is 19.8 Å². The maximum absolute atomic E-state index is 13.3. The molecule has 1 amide bonds. The molecule has 144 valence electrons. The van der Waals surface area contributed by atoms with Gasteiger partial charge in [-0.05, 0) is 49.4 Å². The van der Waals surface area contributed by atoms with E-state index in [4.69, 9.17) is 9.47 Å². The first-order chi connectivity index (χ1) is 13.0. The summed E-state index contributed by atoms with van der Waals surface area (Å²) in [5.74, 6) is 0.307. The van der Waals surface area contributed by atoms with E-state index in [1.165, 1.54) is 7.11 Å². The molecule has 0 bridgehead atoms. The van der Waals surface area contributed by atoms with Crippen molar-refractivity contribution in [1.82, 2.24) is 9.88 Å². The van der Waals surface area contributed by atoms with Gasteiger partial charge in [0.1, 0.15) is 11.4 Å². The zero-order valence-electron chi connectivity index (χ0n) is 16.3. The summed E-state index contributed by atoms with van der Waals surface area (Å²) >= 11 is 0. The van der Waals surface area contributed by atoms with Crippen molar-refractivity contribution in [2.75, 3.05) is 14.2 Å². The van der Waals surface area contributed by atoms with E-state index in [0.717, 1.165) is 29.8 Å². The van der Waals surface area contributed by atoms with E-state index in [1.54, 1.807) is 14.0 Å². The number of carbonyl (C=O) groups excluding carboxylic acids is 2. The van der Waals surface area contributed by atoms with Crippen LogP contribution in [0.25, 0.3) is 0 Å². The number of methoxy groups -OCH3 is 2. The van der Waals surface area contributed by atoms with Crippen LogP contribution in [0, 0.1) is 6.92 Å². The van der Waals surface area contributed by atoms with E-state index in [1.807, 2.05) is 36.1 Å². The molecule has 0 aliphatic heterocycles. The molecule has 1 heterocycles. The summed E-state index contributed by atoms with van der Waals surface area (Å²) in [5.41, 5.74) is 3.40. The quantitative estimate of drug-likeness (QED) is 0.758. The smallest absolute Gasteiger partial charge is 0.339 e. The number of carbonyl (C=O) groups is 2. The summed E-state index contributed by atoms with van der Waals surface area (Å²) in [6, 6.07) is 7.99. The molecule has 0 saturated heterocycles.